The number of carbonyl (C=O) groups is 7. The van der Waals surface area contributed by atoms with Crippen LogP contribution in [0.5, 0.6) is 0 Å². The number of hydrogen-bond acceptors (Lipinski definition) is 7. The van der Waals surface area contributed by atoms with Crippen molar-refractivity contribution in [2.45, 2.75) is 136 Å². The van der Waals surface area contributed by atoms with E-state index in [0.717, 1.165) is 32.1 Å². The van der Waals surface area contributed by atoms with Crippen LogP contribution in [-0.4, -0.2) is 95.0 Å². The second-order valence-corrected chi connectivity index (χ2v) is 15.7. The van der Waals surface area contributed by atoms with Gasteiger partial charge in [-0.2, -0.15) is 0 Å². The van der Waals surface area contributed by atoms with E-state index in [-0.39, 0.29) is 56.0 Å². The van der Waals surface area contributed by atoms with Crippen LogP contribution in [0.2, 0.25) is 0 Å². The van der Waals surface area contributed by atoms with Gasteiger partial charge in [0.25, 0.3) is 5.91 Å². The minimum atomic E-state index is -1.03. The Balaban J connectivity index is 1.77. The number of Topliss-reactive ketones (excluding diaryl/α,β-unsaturated/α-hetero) is 1. The molecule has 4 N–H and O–H groups in total. The van der Waals surface area contributed by atoms with Crippen molar-refractivity contribution in [3.63, 3.8) is 0 Å². The summed E-state index contributed by atoms with van der Waals surface area (Å²) in [5, 5.41) is 11.1. The molecule has 0 spiro atoms. The lowest BCUT2D eigenvalue weighted by Gasteiger charge is -2.40. The van der Waals surface area contributed by atoms with E-state index in [1.807, 2.05) is 41.5 Å². The van der Waals surface area contributed by atoms with Gasteiger partial charge in [-0.25, -0.2) is 4.79 Å². The van der Waals surface area contributed by atoms with Gasteiger partial charge in [-0.1, -0.05) is 73.3 Å². The Morgan fingerprint density at radius 3 is 2.14 bits per heavy atom. The SMILES string of the molecule is C=CCNC(=O)C(=O)C(CCC)NC(=O)[C@@H]1CCCN1C(=O)[C@@H](NC(=O)N[C@H](CN1C(=O)CC(C)(C)CC1=O)C(C)(C)C)C1CCCCC1. The maximum absolute atomic E-state index is 14.3. The summed E-state index contributed by atoms with van der Waals surface area (Å²) in [5.74, 6) is -3.11. The summed E-state index contributed by atoms with van der Waals surface area (Å²) in [6, 6.07) is -3.95. The number of rotatable bonds is 14. The Hall–Kier alpha value is -3.77. The zero-order chi connectivity index (χ0) is 36.5. The van der Waals surface area contributed by atoms with Crippen LogP contribution in [0, 0.1) is 16.7 Å². The molecule has 3 fully saturated rings. The molecule has 3 rings (SSSR count). The van der Waals surface area contributed by atoms with Crippen LogP contribution in [0.15, 0.2) is 12.7 Å². The minimum absolute atomic E-state index is 0.0182. The molecule has 1 aliphatic carbocycles. The first-order chi connectivity index (χ1) is 23.0. The minimum Gasteiger partial charge on any atom is -0.346 e. The second-order valence-electron chi connectivity index (χ2n) is 15.7. The third-order valence-corrected chi connectivity index (χ3v) is 9.93. The van der Waals surface area contributed by atoms with Gasteiger partial charge in [0.05, 0.1) is 12.1 Å². The first-order valence-electron chi connectivity index (χ1n) is 17.9. The zero-order valence-electron chi connectivity index (χ0n) is 30.3. The lowest BCUT2D eigenvalue weighted by atomic mass is 9.80. The van der Waals surface area contributed by atoms with Crippen molar-refractivity contribution in [1.82, 2.24) is 31.1 Å². The molecular weight excluding hydrogens is 628 g/mol. The summed E-state index contributed by atoms with van der Waals surface area (Å²) in [4.78, 5) is 95.4. The van der Waals surface area contributed by atoms with Gasteiger partial charge in [0.1, 0.15) is 12.1 Å². The molecule has 7 amide bonds. The fourth-order valence-electron chi connectivity index (χ4n) is 7.04. The smallest absolute Gasteiger partial charge is 0.315 e. The number of likely N-dealkylation sites (tertiary alicyclic amines) is 2. The van der Waals surface area contributed by atoms with E-state index in [9.17, 15) is 33.6 Å². The molecule has 0 aromatic rings. The Morgan fingerprint density at radius 2 is 1.57 bits per heavy atom. The van der Waals surface area contributed by atoms with Crippen LogP contribution in [0.1, 0.15) is 112 Å². The van der Waals surface area contributed by atoms with Crippen LogP contribution >= 0.6 is 0 Å². The maximum Gasteiger partial charge on any atom is 0.315 e. The largest absolute Gasteiger partial charge is 0.346 e. The van der Waals surface area contributed by atoms with Crippen molar-refractivity contribution >= 4 is 41.4 Å². The molecule has 13 nitrogen and oxygen atoms in total. The van der Waals surface area contributed by atoms with Crippen molar-refractivity contribution in [3.05, 3.63) is 12.7 Å². The normalized spacial score (nSPS) is 21.7. The van der Waals surface area contributed by atoms with Gasteiger partial charge in [0.15, 0.2) is 0 Å². The topological polar surface area (TPSA) is 174 Å². The predicted molar refractivity (Wildman–Crippen MR) is 185 cm³/mol. The van der Waals surface area contributed by atoms with Crippen molar-refractivity contribution in [3.8, 4) is 0 Å². The summed E-state index contributed by atoms with van der Waals surface area (Å²) >= 11 is 0. The summed E-state index contributed by atoms with van der Waals surface area (Å²) in [5.41, 5.74) is -0.945. The molecule has 2 saturated heterocycles. The van der Waals surface area contributed by atoms with Crippen LogP contribution in [0.25, 0.3) is 0 Å². The number of urea groups is 1. The van der Waals surface area contributed by atoms with Crippen LogP contribution in [0.4, 0.5) is 4.79 Å². The lowest BCUT2D eigenvalue weighted by Crippen LogP contribution is -2.61. The van der Waals surface area contributed by atoms with Crippen LogP contribution < -0.4 is 21.3 Å². The van der Waals surface area contributed by atoms with Crippen LogP contribution in [0.3, 0.4) is 0 Å². The lowest BCUT2D eigenvalue weighted by molar-refractivity contribution is -0.153. The first-order valence-corrected chi connectivity index (χ1v) is 17.9. The number of nitrogens with one attached hydrogen (secondary N) is 4. The molecule has 0 aromatic heterocycles. The summed E-state index contributed by atoms with van der Waals surface area (Å²) in [6.07, 6.45) is 8.04. The number of nitrogens with zero attached hydrogens (tertiary/aromatic N) is 2. The quantitative estimate of drug-likeness (QED) is 0.124. The highest BCUT2D eigenvalue weighted by atomic mass is 16.2. The van der Waals surface area contributed by atoms with Crippen molar-refractivity contribution < 1.29 is 33.6 Å². The predicted octanol–water partition coefficient (Wildman–Crippen LogP) is 2.97. The Labute approximate surface area is 291 Å². The van der Waals surface area contributed by atoms with E-state index >= 15 is 0 Å². The standard InChI is InChI=1S/C36H58N6O7/c1-8-14-24(30(45)32(47)37-18-9-2)38-31(46)25-17-13-19-41(25)33(48)29(23-15-11-10-12-16-23)40-34(49)39-26(35(3,4)5)22-42-27(43)20-36(6,7)21-28(42)44/h9,23-26,29H,2,8,10-22H2,1,3-7H3,(H,37,47)(H,38,46)(H2,39,40,49)/t24?,25-,26+,29-/m0/s1. The maximum atomic E-state index is 14.3. The third kappa shape index (κ3) is 10.9. The number of amides is 7. The molecular formula is C36H58N6O7. The molecule has 13 heteroatoms. The summed E-state index contributed by atoms with van der Waals surface area (Å²) in [6.45, 7) is 15.3. The average Bonchev–Trinajstić information content (AvgIpc) is 3.52. The number of carbonyl (C=O) groups excluding carboxylic acids is 7. The second kappa shape index (κ2) is 17.2. The molecule has 0 aromatic carbocycles. The third-order valence-electron chi connectivity index (χ3n) is 9.93. The van der Waals surface area contributed by atoms with Gasteiger partial charge in [0, 0.05) is 32.5 Å². The Kier molecular flexibility index (Phi) is 14.0. The Bertz CT molecular complexity index is 1250. The van der Waals surface area contributed by atoms with Gasteiger partial charge in [-0.15, -0.1) is 6.58 Å². The van der Waals surface area contributed by atoms with Gasteiger partial charge in [0.2, 0.25) is 29.4 Å². The molecule has 0 radical (unpaired) electrons. The highest BCUT2D eigenvalue weighted by Gasteiger charge is 2.43. The Morgan fingerprint density at radius 1 is 0.939 bits per heavy atom. The van der Waals surface area contributed by atoms with E-state index in [2.05, 4.69) is 27.8 Å². The van der Waals surface area contributed by atoms with E-state index < -0.39 is 58.6 Å². The molecule has 274 valence electrons. The molecule has 1 unspecified atom stereocenters. The number of imide groups is 1. The van der Waals surface area contributed by atoms with E-state index in [1.165, 1.54) is 15.9 Å². The molecule has 49 heavy (non-hydrogen) atoms. The van der Waals surface area contributed by atoms with Gasteiger partial charge in [-0.3, -0.25) is 33.7 Å². The van der Waals surface area contributed by atoms with Gasteiger partial charge in [-0.05, 0) is 48.9 Å². The number of piperidine rings is 1. The molecule has 0 bridgehead atoms. The molecule has 2 heterocycles. The molecule has 2 aliphatic heterocycles. The average molecular weight is 687 g/mol. The van der Waals surface area contributed by atoms with E-state index in [0.29, 0.717) is 25.8 Å². The van der Waals surface area contributed by atoms with Crippen molar-refractivity contribution in [2.75, 3.05) is 19.6 Å². The highest BCUT2D eigenvalue weighted by molar-refractivity contribution is 6.38. The fraction of sp³-hybridized carbons (Fsp3) is 0.750. The summed E-state index contributed by atoms with van der Waals surface area (Å²) < 4.78 is 0. The molecule has 4 atom stereocenters. The molecule has 1 saturated carbocycles. The van der Waals surface area contributed by atoms with Gasteiger partial charge < -0.3 is 26.2 Å². The van der Waals surface area contributed by atoms with Crippen molar-refractivity contribution in [2.24, 2.45) is 16.7 Å². The number of ketones is 1. The van der Waals surface area contributed by atoms with Crippen LogP contribution in [-0.2, 0) is 28.8 Å². The summed E-state index contributed by atoms with van der Waals surface area (Å²) in [7, 11) is 0. The number of hydrogen-bond donors (Lipinski definition) is 4. The molecule has 3 aliphatic rings. The first kappa shape index (κ1) is 39.7. The van der Waals surface area contributed by atoms with E-state index in [4.69, 9.17) is 0 Å². The monoisotopic (exact) mass is 686 g/mol. The zero-order valence-corrected chi connectivity index (χ0v) is 30.3. The fourth-order valence-corrected chi connectivity index (χ4v) is 7.04. The van der Waals surface area contributed by atoms with E-state index in [1.54, 1.807) is 0 Å². The highest BCUT2D eigenvalue weighted by Crippen LogP contribution is 2.33. The van der Waals surface area contributed by atoms with Gasteiger partial charge >= 0.3 is 6.03 Å². The van der Waals surface area contributed by atoms with Crippen molar-refractivity contribution in [1.29, 1.82) is 0 Å².